The highest BCUT2D eigenvalue weighted by molar-refractivity contribution is 4.43. The van der Waals surface area contributed by atoms with E-state index in [0.717, 1.165) is 19.8 Å². The summed E-state index contributed by atoms with van der Waals surface area (Å²) in [6.45, 7) is 8.78. The molecular formula is C9H22O2. The standard InChI is InChI=1S/C4H8O.C3H8O.C2H6/c1-2-4-5-3-1;1-3-4-2;1-2/h1-4H2;3H2,1-2H3;1-2H3. The van der Waals surface area contributed by atoms with Gasteiger partial charge in [-0.05, 0) is 19.8 Å². The molecule has 2 nitrogen and oxygen atoms in total. The van der Waals surface area contributed by atoms with Gasteiger partial charge in [0, 0.05) is 26.9 Å². The summed E-state index contributed by atoms with van der Waals surface area (Å²) in [4.78, 5) is 0. The lowest BCUT2D eigenvalue weighted by molar-refractivity contribution is 0.198. The van der Waals surface area contributed by atoms with Gasteiger partial charge in [0.2, 0.25) is 0 Å². The molecule has 0 unspecified atom stereocenters. The summed E-state index contributed by atoms with van der Waals surface area (Å²) in [5.41, 5.74) is 0. The zero-order chi connectivity index (χ0) is 8.95. The molecule has 1 rings (SSSR count). The van der Waals surface area contributed by atoms with Crippen LogP contribution in [0.4, 0.5) is 0 Å². The molecule has 0 aromatic heterocycles. The summed E-state index contributed by atoms with van der Waals surface area (Å²) < 4.78 is 9.49. The van der Waals surface area contributed by atoms with Crippen molar-refractivity contribution in [3.05, 3.63) is 0 Å². The topological polar surface area (TPSA) is 18.5 Å². The van der Waals surface area contributed by atoms with Gasteiger partial charge in [-0.1, -0.05) is 13.8 Å². The van der Waals surface area contributed by atoms with Crippen LogP contribution >= 0.6 is 0 Å². The number of hydrogen-bond acceptors (Lipinski definition) is 2. The van der Waals surface area contributed by atoms with Crippen molar-refractivity contribution in [3.63, 3.8) is 0 Å². The number of rotatable bonds is 1. The molecule has 0 aromatic carbocycles. The first-order valence-corrected chi connectivity index (χ1v) is 4.48. The normalized spacial score (nSPS) is 14.2. The first kappa shape index (κ1) is 13.5. The van der Waals surface area contributed by atoms with Crippen molar-refractivity contribution >= 4 is 0 Å². The molecule has 0 aliphatic carbocycles. The van der Waals surface area contributed by atoms with Crippen molar-refractivity contribution in [2.75, 3.05) is 26.9 Å². The molecule has 0 saturated carbocycles. The fourth-order valence-corrected chi connectivity index (χ4v) is 0.510. The van der Waals surface area contributed by atoms with E-state index in [9.17, 15) is 0 Å². The molecule has 1 fully saturated rings. The Balaban J connectivity index is 0. The van der Waals surface area contributed by atoms with Gasteiger partial charge < -0.3 is 9.47 Å². The summed E-state index contributed by atoms with van der Waals surface area (Å²) in [5, 5.41) is 0. The molecular weight excluding hydrogens is 140 g/mol. The van der Waals surface area contributed by atoms with E-state index in [1.54, 1.807) is 7.11 Å². The Bertz CT molecular complexity index is 33.2. The maximum Gasteiger partial charge on any atom is 0.0466 e. The van der Waals surface area contributed by atoms with Crippen LogP contribution in [0.3, 0.4) is 0 Å². The van der Waals surface area contributed by atoms with E-state index < -0.39 is 0 Å². The van der Waals surface area contributed by atoms with Crippen LogP contribution < -0.4 is 0 Å². The number of ether oxygens (including phenoxy) is 2. The van der Waals surface area contributed by atoms with Gasteiger partial charge in [-0.25, -0.2) is 0 Å². The van der Waals surface area contributed by atoms with E-state index in [4.69, 9.17) is 4.74 Å². The Morgan fingerprint density at radius 2 is 1.55 bits per heavy atom. The Hall–Kier alpha value is -0.0800. The molecule has 0 amide bonds. The van der Waals surface area contributed by atoms with E-state index >= 15 is 0 Å². The third-order valence-corrected chi connectivity index (χ3v) is 1.12. The quantitative estimate of drug-likeness (QED) is 0.589. The van der Waals surface area contributed by atoms with Crippen molar-refractivity contribution in [1.82, 2.24) is 0 Å². The molecule has 0 N–H and O–H groups in total. The van der Waals surface area contributed by atoms with Gasteiger partial charge in [-0.2, -0.15) is 0 Å². The minimum Gasteiger partial charge on any atom is -0.385 e. The molecule has 1 aliphatic rings. The highest BCUT2D eigenvalue weighted by Gasteiger charge is 1.94. The Kier molecular flexibility index (Phi) is 20.2. The summed E-state index contributed by atoms with van der Waals surface area (Å²) in [6, 6.07) is 0. The lowest BCUT2D eigenvalue weighted by Crippen LogP contribution is -1.74. The van der Waals surface area contributed by atoms with Gasteiger partial charge in [0.1, 0.15) is 0 Å². The third kappa shape index (κ3) is 17.8. The summed E-state index contributed by atoms with van der Waals surface area (Å²) in [5.74, 6) is 0. The van der Waals surface area contributed by atoms with Gasteiger partial charge >= 0.3 is 0 Å². The molecule has 11 heavy (non-hydrogen) atoms. The van der Waals surface area contributed by atoms with Gasteiger partial charge in [0.05, 0.1) is 0 Å². The van der Waals surface area contributed by atoms with Crippen LogP contribution in [0.5, 0.6) is 0 Å². The average molecular weight is 162 g/mol. The largest absolute Gasteiger partial charge is 0.385 e. The van der Waals surface area contributed by atoms with E-state index in [1.807, 2.05) is 20.8 Å². The van der Waals surface area contributed by atoms with Crippen LogP contribution in [0, 0.1) is 0 Å². The monoisotopic (exact) mass is 162 g/mol. The molecule has 1 heterocycles. The second-order valence-corrected chi connectivity index (χ2v) is 1.90. The maximum absolute atomic E-state index is 4.94. The molecule has 1 aliphatic heterocycles. The summed E-state index contributed by atoms with van der Waals surface area (Å²) in [6.07, 6.45) is 2.56. The van der Waals surface area contributed by atoms with E-state index in [1.165, 1.54) is 12.8 Å². The lowest BCUT2D eigenvalue weighted by Gasteiger charge is -1.76. The Morgan fingerprint density at radius 1 is 1.18 bits per heavy atom. The van der Waals surface area contributed by atoms with E-state index in [-0.39, 0.29) is 0 Å². The van der Waals surface area contributed by atoms with E-state index in [0.29, 0.717) is 0 Å². The van der Waals surface area contributed by atoms with Crippen LogP contribution in [0.2, 0.25) is 0 Å². The predicted octanol–water partition coefficient (Wildman–Crippen LogP) is 2.48. The van der Waals surface area contributed by atoms with Crippen LogP contribution in [0.15, 0.2) is 0 Å². The molecule has 0 bridgehead atoms. The van der Waals surface area contributed by atoms with Crippen molar-refractivity contribution < 1.29 is 9.47 Å². The SMILES string of the molecule is C1CCOC1.CC.CCOC. The first-order chi connectivity index (χ1) is 5.41. The van der Waals surface area contributed by atoms with Crippen LogP contribution in [0.1, 0.15) is 33.6 Å². The average Bonchev–Trinajstić information content (AvgIpc) is 2.65. The molecule has 0 aromatic rings. The fourth-order valence-electron chi connectivity index (χ4n) is 0.510. The van der Waals surface area contributed by atoms with Gasteiger partial charge in [0.15, 0.2) is 0 Å². The second kappa shape index (κ2) is 16.5. The molecule has 0 atom stereocenters. The van der Waals surface area contributed by atoms with Crippen molar-refractivity contribution in [2.45, 2.75) is 33.6 Å². The van der Waals surface area contributed by atoms with E-state index in [2.05, 4.69) is 4.74 Å². The predicted molar refractivity (Wildman–Crippen MR) is 49.0 cm³/mol. The molecule has 70 valence electrons. The van der Waals surface area contributed by atoms with Gasteiger partial charge in [-0.3, -0.25) is 0 Å². The highest BCUT2D eigenvalue weighted by Crippen LogP contribution is 1.98. The lowest BCUT2D eigenvalue weighted by atomic mass is 10.4. The Morgan fingerprint density at radius 3 is 1.64 bits per heavy atom. The van der Waals surface area contributed by atoms with Gasteiger partial charge in [-0.15, -0.1) is 0 Å². The highest BCUT2D eigenvalue weighted by atomic mass is 16.5. The molecule has 0 spiro atoms. The smallest absolute Gasteiger partial charge is 0.0466 e. The number of methoxy groups -OCH3 is 1. The first-order valence-electron chi connectivity index (χ1n) is 4.48. The Labute approximate surface area is 70.9 Å². The zero-order valence-corrected chi connectivity index (χ0v) is 8.35. The summed E-state index contributed by atoms with van der Waals surface area (Å²) >= 11 is 0. The van der Waals surface area contributed by atoms with Crippen molar-refractivity contribution in [1.29, 1.82) is 0 Å². The van der Waals surface area contributed by atoms with Crippen LogP contribution in [0.25, 0.3) is 0 Å². The molecule has 0 radical (unpaired) electrons. The minimum absolute atomic E-state index is 0.819. The maximum atomic E-state index is 4.94. The van der Waals surface area contributed by atoms with Gasteiger partial charge in [0.25, 0.3) is 0 Å². The molecule has 1 saturated heterocycles. The molecule has 2 heteroatoms. The summed E-state index contributed by atoms with van der Waals surface area (Å²) in [7, 11) is 1.68. The second-order valence-electron chi connectivity index (χ2n) is 1.90. The van der Waals surface area contributed by atoms with Crippen LogP contribution in [-0.2, 0) is 9.47 Å². The third-order valence-electron chi connectivity index (χ3n) is 1.12. The fraction of sp³-hybridized carbons (Fsp3) is 1.00. The number of hydrogen-bond donors (Lipinski definition) is 0. The van der Waals surface area contributed by atoms with Crippen molar-refractivity contribution in [2.24, 2.45) is 0 Å². The van der Waals surface area contributed by atoms with Crippen molar-refractivity contribution in [3.8, 4) is 0 Å². The van der Waals surface area contributed by atoms with Crippen LogP contribution in [-0.4, -0.2) is 26.9 Å². The zero-order valence-electron chi connectivity index (χ0n) is 8.35. The minimum atomic E-state index is 0.819.